The minimum absolute atomic E-state index is 0.0354. The molecule has 11 heteroatoms. The van der Waals surface area contributed by atoms with E-state index in [9.17, 15) is 18.0 Å². The first kappa shape index (κ1) is 30.3. The molecular weight excluding hydrogens is 561 g/mol. The molecule has 1 N–H and O–H groups in total. The van der Waals surface area contributed by atoms with E-state index >= 15 is 0 Å². The molecule has 1 atom stereocenters. The van der Waals surface area contributed by atoms with Gasteiger partial charge in [0.15, 0.2) is 0 Å². The van der Waals surface area contributed by atoms with Gasteiger partial charge in [-0.3, -0.25) is 13.9 Å². The summed E-state index contributed by atoms with van der Waals surface area (Å²) in [7, 11) is -4.20. The van der Waals surface area contributed by atoms with Crippen LogP contribution in [-0.4, -0.2) is 50.9 Å². The van der Waals surface area contributed by atoms with Crippen LogP contribution in [0.2, 0.25) is 10.0 Å². The number of hydrogen-bond acceptors (Lipinski definition) is 5. The van der Waals surface area contributed by atoms with E-state index in [-0.39, 0.29) is 23.0 Å². The van der Waals surface area contributed by atoms with E-state index in [1.807, 2.05) is 6.92 Å². The van der Waals surface area contributed by atoms with E-state index in [1.54, 1.807) is 62.4 Å². The van der Waals surface area contributed by atoms with Crippen LogP contribution in [0.1, 0.15) is 26.3 Å². The van der Waals surface area contributed by atoms with Gasteiger partial charge in [-0.2, -0.15) is 0 Å². The second-order valence-electron chi connectivity index (χ2n) is 8.61. The van der Waals surface area contributed by atoms with Crippen molar-refractivity contribution in [3.8, 4) is 5.75 Å². The van der Waals surface area contributed by atoms with Crippen LogP contribution in [0.3, 0.4) is 0 Å². The highest BCUT2D eigenvalue weighted by atomic mass is 35.5. The van der Waals surface area contributed by atoms with Gasteiger partial charge in [-0.25, -0.2) is 8.42 Å². The Hall–Kier alpha value is -3.27. The second kappa shape index (κ2) is 13.7. The fourth-order valence-electron chi connectivity index (χ4n) is 3.87. The Labute approximate surface area is 239 Å². The van der Waals surface area contributed by atoms with Crippen LogP contribution in [0, 0.1) is 0 Å². The molecule has 0 radical (unpaired) electrons. The number of carbonyl (C=O) groups excluding carboxylic acids is 2. The molecule has 3 aromatic rings. The molecule has 0 aliphatic heterocycles. The van der Waals surface area contributed by atoms with Crippen molar-refractivity contribution in [3.05, 3.63) is 88.4 Å². The molecule has 0 spiro atoms. The zero-order chi connectivity index (χ0) is 28.6. The number of sulfonamides is 1. The van der Waals surface area contributed by atoms with Crippen molar-refractivity contribution >= 4 is 50.7 Å². The van der Waals surface area contributed by atoms with Crippen molar-refractivity contribution in [1.29, 1.82) is 0 Å². The number of nitrogens with one attached hydrogen (secondary N) is 1. The van der Waals surface area contributed by atoms with Crippen molar-refractivity contribution < 1.29 is 22.7 Å². The van der Waals surface area contributed by atoms with Crippen molar-refractivity contribution in [2.45, 2.75) is 38.3 Å². The van der Waals surface area contributed by atoms with E-state index in [1.165, 1.54) is 29.2 Å². The maximum Gasteiger partial charge on any atom is 0.264 e. The molecule has 3 rings (SSSR count). The van der Waals surface area contributed by atoms with Crippen molar-refractivity contribution in [1.82, 2.24) is 10.2 Å². The van der Waals surface area contributed by atoms with Crippen molar-refractivity contribution in [2.75, 3.05) is 24.0 Å². The summed E-state index contributed by atoms with van der Waals surface area (Å²) in [6.07, 6.45) is 0. The van der Waals surface area contributed by atoms with E-state index < -0.39 is 28.5 Å². The predicted octanol–water partition coefficient (Wildman–Crippen LogP) is 5.14. The molecule has 1 unspecified atom stereocenters. The normalized spacial score (nSPS) is 11.9. The van der Waals surface area contributed by atoms with Gasteiger partial charge in [-0.05, 0) is 87.0 Å². The average Bonchev–Trinajstić information content (AvgIpc) is 2.91. The highest BCUT2D eigenvalue weighted by Gasteiger charge is 2.32. The Morgan fingerprint density at radius 2 is 1.62 bits per heavy atom. The number of benzene rings is 3. The van der Waals surface area contributed by atoms with Crippen LogP contribution in [0.25, 0.3) is 0 Å². The topological polar surface area (TPSA) is 96.0 Å². The quantitative estimate of drug-likeness (QED) is 0.314. The molecule has 0 bridgehead atoms. The van der Waals surface area contributed by atoms with E-state index in [0.717, 1.165) is 4.31 Å². The third-order valence-corrected chi connectivity index (χ3v) is 8.15. The number of carbonyl (C=O) groups is 2. The zero-order valence-corrected chi connectivity index (χ0v) is 24.3. The van der Waals surface area contributed by atoms with Gasteiger partial charge in [0.25, 0.3) is 10.0 Å². The largest absolute Gasteiger partial charge is 0.494 e. The molecule has 0 saturated carbocycles. The lowest BCUT2D eigenvalue weighted by Gasteiger charge is -2.32. The highest BCUT2D eigenvalue weighted by molar-refractivity contribution is 7.92. The summed E-state index contributed by atoms with van der Waals surface area (Å²) < 4.78 is 34.1. The highest BCUT2D eigenvalue weighted by Crippen LogP contribution is 2.27. The van der Waals surface area contributed by atoms with Gasteiger partial charge < -0.3 is 15.0 Å². The van der Waals surface area contributed by atoms with Crippen LogP contribution < -0.4 is 14.4 Å². The number of rotatable bonds is 12. The maximum atomic E-state index is 13.8. The van der Waals surface area contributed by atoms with Gasteiger partial charge in [0.1, 0.15) is 18.3 Å². The Bertz CT molecular complexity index is 1380. The summed E-state index contributed by atoms with van der Waals surface area (Å²) in [5.74, 6) is -0.370. The SMILES string of the molecule is CCNC(=O)C(C)N(Cc1cccc(Cl)c1)C(=O)CN(c1ccc(OCC)cc1)S(=O)(=O)c1ccc(Cl)cc1. The average molecular weight is 593 g/mol. The lowest BCUT2D eigenvalue weighted by molar-refractivity contribution is -0.139. The molecular formula is C28H31Cl2N3O5S. The lowest BCUT2D eigenvalue weighted by Crippen LogP contribution is -2.51. The van der Waals surface area contributed by atoms with Crippen molar-refractivity contribution in [3.63, 3.8) is 0 Å². The van der Waals surface area contributed by atoms with Gasteiger partial charge in [-0.1, -0.05) is 35.3 Å². The summed E-state index contributed by atoms with van der Waals surface area (Å²) in [5.41, 5.74) is 0.954. The van der Waals surface area contributed by atoms with E-state index in [4.69, 9.17) is 27.9 Å². The standard InChI is InChI=1S/C28H31Cl2N3O5S/c1-4-31-28(35)20(3)32(18-21-7-6-8-23(30)17-21)27(34)19-33(24-11-13-25(14-12-24)38-5-2)39(36,37)26-15-9-22(29)10-16-26/h6-17,20H,4-5,18-19H2,1-3H3,(H,31,35). The molecule has 39 heavy (non-hydrogen) atoms. The molecule has 0 heterocycles. The van der Waals surface area contributed by atoms with Crippen LogP contribution >= 0.6 is 23.2 Å². The minimum atomic E-state index is -4.20. The summed E-state index contributed by atoms with van der Waals surface area (Å²) in [6.45, 7) is 5.54. The lowest BCUT2D eigenvalue weighted by atomic mass is 10.1. The molecule has 0 saturated heterocycles. The first-order valence-corrected chi connectivity index (χ1v) is 14.6. The number of likely N-dealkylation sites (N-methyl/N-ethyl adjacent to an activating group) is 1. The summed E-state index contributed by atoms with van der Waals surface area (Å²) in [6, 6.07) is 18.2. The monoisotopic (exact) mass is 591 g/mol. The summed E-state index contributed by atoms with van der Waals surface area (Å²) >= 11 is 12.1. The van der Waals surface area contributed by atoms with Gasteiger partial charge in [0, 0.05) is 23.1 Å². The van der Waals surface area contributed by atoms with Gasteiger partial charge in [-0.15, -0.1) is 0 Å². The number of ether oxygens (including phenoxy) is 1. The third kappa shape index (κ3) is 7.88. The molecule has 0 aliphatic carbocycles. The number of amides is 2. The molecule has 0 aromatic heterocycles. The van der Waals surface area contributed by atoms with Crippen molar-refractivity contribution in [2.24, 2.45) is 0 Å². The molecule has 0 aliphatic rings. The Balaban J connectivity index is 2.03. The number of nitrogens with zero attached hydrogens (tertiary/aromatic N) is 2. The fourth-order valence-corrected chi connectivity index (χ4v) is 5.63. The van der Waals surface area contributed by atoms with Crippen LogP contribution in [0.4, 0.5) is 5.69 Å². The smallest absolute Gasteiger partial charge is 0.264 e. The fraction of sp³-hybridized carbons (Fsp3) is 0.286. The molecule has 3 aromatic carbocycles. The van der Waals surface area contributed by atoms with Gasteiger partial charge in [0.2, 0.25) is 11.8 Å². The van der Waals surface area contributed by atoms with Crippen LogP contribution in [-0.2, 0) is 26.2 Å². The maximum absolute atomic E-state index is 13.8. The number of halogens is 2. The van der Waals surface area contributed by atoms with E-state index in [0.29, 0.717) is 34.5 Å². The minimum Gasteiger partial charge on any atom is -0.494 e. The zero-order valence-electron chi connectivity index (χ0n) is 21.9. The Morgan fingerprint density at radius 3 is 2.21 bits per heavy atom. The predicted molar refractivity (Wildman–Crippen MR) is 154 cm³/mol. The van der Waals surface area contributed by atoms with E-state index in [2.05, 4.69) is 5.32 Å². The summed E-state index contributed by atoms with van der Waals surface area (Å²) in [5, 5.41) is 3.58. The molecule has 8 nitrogen and oxygen atoms in total. The first-order chi connectivity index (χ1) is 18.6. The van der Waals surface area contributed by atoms with Gasteiger partial charge >= 0.3 is 0 Å². The first-order valence-electron chi connectivity index (χ1n) is 12.4. The second-order valence-corrected chi connectivity index (χ2v) is 11.3. The van der Waals surface area contributed by atoms with Crippen LogP contribution in [0.15, 0.2) is 77.7 Å². The Morgan fingerprint density at radius 1 is 0.949 bits per heavy atom. The summed E-state index contributed by atoms with van der Waals surface area (Å²) in [4.78, 5) is 27.9. The van der Waals surface area contributed by atoms with Crippen LogP contribution in [0.5, 0.6) is 5.75 Å². The molecule has 208 valence electrons. The molecule has 2 amide bonds. The van der Waals surface area contributed by atoms with Gasteiger partial charge in [0.05, 0.1) is 17.2 Å². The third-order valence-electron chi connectivity index (χ3n) is 5.88. The molecule has 0 fully saturated rings. The Kier molecular flexibility index (Phi) is 10.6. The number of hydrogen-bond donors (Lipinski definition) is 1. The number of anilines is 1.